The second-order valence-corrected chi connectivity index (χ2v) is 5.14. The number of carbonyl (C=O) groups excluding carboxylic acids is 2. The predicted molar refractivity (Wildman–Crippen MR) is 77.4 cm³/mol. The molecule has 2 N–H and O–H groups in total. The number of likely N-dealkylation sites (N-methyl/N-ethyl adjacent to an activating group) is 1. The number of hydrogen-bond acceptors (Lipinski definition) is 4. The SMILES string of the molecule is CN(C)C/C=C/C(=O)NCCNC(=O)c1cccs1. The Morgan fingerprint density at radius 3 is 2.68 bits per heavy atom. The lowest BCUT2D eigenvalue weighted by Gasteiger charge is -2.05. The third kappa shape index (κ3) is 6.73. The van der Waals surface area contributed by atoms with Crippen molar-refractivity contribution in [1.82, 2.24) is 15.5 Å². The first kappa shape index (κ1) is 15.4. The quantitative estimate of drug-likeness (QED) is 0.571. The lowest BCUT2D eigenvalue weighted by molar-refractivity contribution is -0.116. The molecule has 19 heavy (non-hydrogen) atoms. The third-order valence-electron chi connectivity index (χ3n) is 2.19. The molecule has 1 heterocycles. The van der Waals surface area contributed by atoms with Gasteiger partial charge >= 0.3 is 0 Å². The normalized spacial score (nSPS) is 10.9. The lowest BCUT2D eigenvalue weighted by atomic mass is 10.4. The van der Waals surface area contributed by atoms with E-state index in [-0.39, 0.29) is 11.8 Å². The summed E-state index contributed by atoms with van der Waals surface area (Å²) < 4.78 is 0. The van der Waals surface area contributed by atoms with Gasteiger partial charge in [0.2, 0.25) is 5.91 Å². The smallest absolute Gasteiger partial charge is 0.261 e. The number of nitrogens with one attached hydrogen (secondary N) is 2. The first-order valence-electron chi connectivity index (χ1n) is 6.00. The fraction of sp³-hybridized carbons (Fsp3) is 0.385. The Kier molecular flexibility index (Phi) is 6.84. The molecule has 0 spiro atoms. The zero-order valence-electron chi connectivity index (χ0n) is 11.2. The fourth-order valence-corrected chi connectivity index (χ4v) is 1.93. The molecular weight excluding hydrogens is 262 g/mol. The molecule has 1 rings (SSSR count). The van der Waals surface area contributed by atoms with Crippen LogP contribution >= 0.6 is 11.3 Å². The molecule has 0 bridgehead atoms. The zero-order valence-corrected chi connectivity index (χ0v) is 12.0. The standard InChI is InChI=1S/C13H19N3O2S/c1-16(2)9-3-6-12(17)14-7-8-15-13(18)11-5-4-10-19-11/h3-6,10H,7-9H2,1-2H3,(H,14,17)(H,15,18)/b6-3+. The van der Waals surface area contributed by atoms with Crippen LogP contribution in [0.25, 0.3) is 0 Å². The van der Waals surface area contributed by atoms with Crippen LogP contribution in [0.2, 0.25) is 0 Å². The molecular formula is C13H19N3O2S. The van der Waals surface area contributed by atoms with E-state index < -0.39 is 0 Å². The van der Waals surface area contributed by atoms with Crippen LogP contribution in [0, 0.1) is 0 Å². The molecule has 104 valence electrons. The molecule has 0 aliphatic carbocycles. The van der Waals surface area contributed by atoms with Crippen LogP contribution in [0.1, 0.15) is 9.67 Å². The van der Waals surface area contributed by atoms with E-state index in [0.29, 0.717) is 18.0 Å². The minimum atomic E-state index is -0.146. The largest absolute Gasteiger partial charge is 0.351 e. The average molecular weight is 281 g/mol. The Bertz CT molecular complexity index is 427. The van der Waals surface area contributed by atoms with Crippen LogP contribution in [-0.4, -0.2) is 50.4 Å². The van der Waals surface area contributed by atoms with Crippen molar-refractivity contribution in [3.63, 3.8) is 0 Å². The molecule has 1 aromatic rings. The molecule has 1 aromatic heterocycles. The molecule has 0 radical (unpaired) electrons. The molecule has 0 fully saturated rings. The van der Waals surface area contributed by atoms with E-state index in [2.05, 4.69) is 10.6 Å². The number of nitrogens with zero attached hydrogens (tertiary/aromatic N) is 1. The molecule has 5 nitrogen and oxygen atoms in total. The summed E-state index contributed by atoms with van der Waals surface area (Å²) in [6.45, 7) is 1.56. The van der Waals surface area contributed by atoms with Gasteiger partial charge in [0.25, 0.3) is 5.91 Å². The van der Waals surface area contributed by atoms with Crippen molar-refractivity contribution in [2.45, 2.75) is 0 Å². The van der Waals surface area contributed by atoms with E-state index in [0.717, 1.165) is 6.54 Å². The second-order valence-electron chi connectivity index (χ2n) is 4.19. The van der Waals surface area contributed by atoms with Crippen molar-refractivity contribution in [3.8, 4) is 0 Å². The average Bonchev–Trinajstić information content (AvgIpc) is 2.87. The van der Waals surface area contributed by atoms with Crippen molar-refractivity contribution in [1.29, 1.82) is 0 Å². The van der Waals surface area contributed by atoms with Gasteiger partial charge in [-0.25, -0.2) is 0 Å². The van der Waals surface area contributed by atoms with Crippen LogP contribution in [0.15, 0.2) is 29.7 Å². The van der Waals surface area contributed by atoms with Crippen molar-refractivity contribution in [2.24, 2.45) is 0 Å². The van der Waals surface area contributed by atoms with E-state index in [4.69, 9.17) is 0 Å². The number of rotatable bonds is 7. The summed E-state index contributed by atoms with van der Waals surface area (Å²) in [5.41, 5.74) is 0. The van der Waals surface area contributed by atoms with Crippen molar-refractivity contribution < 1.29 is 9.59 Å². The minimum absolute atomic E-state index is 0.104. The monoisotopic (exact) mass is 281 g/mol. The predicted octanol–water partition coefficient (Wildman–Crippen LogP) is 0.712. The number of hydrogen-bond donors (Lipinski definition) is 2. The zero-order chi connectivity index (χ0) is 14.1. The molecule has 0 saturated heterocycles. The van der Waals surface area contributed by atoms with E-state index in [1.54, 1.807) is 12.1 Å². The number of carbonyl (C=O) groups is 2. The summed E-state index contributed by atoms with van der Waals surface area (Å²) in [5, 5.41) is 7.29. The first-order chi connectivity index (χ1) is 9.09. The van der Waals surface area contributed by atoms with Crippen LogP contribution < -0.4 is 10.6 Å². The van der Waals surface area contributed by atoms with Gasteiger partial charge in [0.1, 0.15) is 0 Å². The van der Waals surface area contributed by atoms with E-state index in [9.17, 15) is 9.59 Å². The Morgan fingerprint density at radius 2 is 2.05 bits per heavy atom. The fourth-order valence-electron chi connectivity index (χ4n) is 1.29. The maximum Gasteiger partial charge on any atom is 0.261 e. The van der Waals surface area contributed by atoms with Gasteiger partial charge in [0, 0.05) is 25.7 Å². The Hall–Kier alpha value is -1.66. The Balaban J connectivity index is 2.12. The highest BCUT2D eigenvalue weighted by Gasteiger charge is 2.04. The maximum atomic E-state index is 11.6. The van der Waals surface area contributed by atoms with Gasteiger partial charge < -0.3 is 15.5 Å². The third-order valence-corrected chi connectivity index (χ3v) is 3.06. The highest BCUT2D eigenvalue weighted by molar-refractivity contribution is 7.12. The van der Waals surface area contributed by atoms with Crippen LogP contribution in [0.4, 0.5) is 0 Å². The Morgan fingerprint density at radius 1 is 1.32 bits per heavy atom. The van der Waals surface area contributed by atoms with E-state index >= 15 is 0 Å². The topological polar surface area (TPSA) is 61.4 Å². The molecule has 0 unspecified atom stereocenters. The van der Waals surface area contributed by atoms with Gasteiger partial charge in [-0.05, 0) is 25.5 Å². The first-order valence-corrected chi connectivity index (χ1v) is 6.88. The summed E-state index contributed by atoms with van der Waals surface area (Å²) in [6, 6.07) is 3.60. The maximum absolute atomic E-state index is 11.6. The van der Waals surface area contributed by atoms with Gasteiger partial charge in [-0.2, -0.15) is 0 Å². The van der Waals surface area contributed by atoms with Gasteiger partial charge in [0.15, 0.2) is 0 Å². The summed E-state index contributed by atoms with van der Waals surface area (Å²) in [6.07, 6.45) is 3.29. The van der Waals surface area contributed by atoms with Crippen molar-refractivity contribution in [3.05, 3.63) is 34.5 Å². The Labute approximate surface area is 117 Å². The highest BCUT2D eigenvalue weighted by atomic mass is 32.1. The van der Waals surface area contributed by atoms with Gasteiger partial charge in [-0.15, -0.1) is 11.3 Å². The molecule has 0 aromatic carbocycles. The number of thiophene rings is 1. The summed E-state index contributed by atoms with van der Waals surface area (Å²) in [5.74, 6) is -0.250. The molecule has 0 atom stereocenters. The van der Waals surface area contributed by atoms with Gasteiger partial charge in [0.05, 0.1) is 4.88 Å². The van der Waals surface area contributed by atoms with Crippen molar-refractivity contribution >= 4 is 23.2 Å². The summed E-state index contributed by atoms with van der Waals surface area (Å²) in [4.78, 5) is 25.6. The summed E-state index contributed by atoms with van der Waals surface area (Å²) in [7, 11) is 3.87. The minimum Gasteiger partial charge on any atom is -0.351 e. The van der Waals surface area contributed by atoms with E-state index in [1.165, 1.54) is 17.4 Å². The molecule has 0 aliphatic heterocycles. The highest BCUT2D eigenvalue weighted by Crippen LogP contribution is 2.07. The lowest BCUT2D eigenvalue weighted by Crippen LogP contribution is -2.33. The second kappa shape index (κ2) is 8.44. The number of amides is 2. The van der Waals surface area contributed by atoms with Gasteiger partial charge in [-0.3, -0.25) is 9.59 Å². The van der Waals surface area contributed by atoms with E-state index in [1.807, 2.05) is 30.4 Å². The molecule has 0 aliphatic rings. The summed E-state index contributed by atoms with van der Waals surface area (Å²) >= 11 is 1.39. The van der Waals surface area contributed by atoms with Crippen LogP contribution in [0.3, 0.4) is 0 Å². The van der Waals surface area contributed by atoms with Crippen molar-refractivity contribution in [2.75, 3.05) is 33.7 Å². The molecule has 6 heteroatoms. The molecule has 2 amide bonds. The molecule has 0 saturated carbocycles. The van der Waals surface area contributed by atoms with Crippen LogP contribution in [0.5, 0.6) is 0 Å². The van der Waals surface area contributed by atoms with Crippen LogP contribution in [-0.2, 0) is 4.79 Å². The van der Waals surface area contributed by atoms with Gasteiger partial charge in [-0.1, -0.05) is 12.1 Å².